The molecule has 0 unspecified atom stereocenters. The number of fused-ring (bicyclic) bond motifs is 5. The Balaban J connectivity index is 1.72. The van der Waals surface area contributed by atoms with Gasteiger partial charge in [0.15, 0.2) is 0 Å². The number of hydrogen-bond donors (Lipinski definition) is 2. The third kappa shape index (κ3) is 4.63. The highest BCUT2D eigenvalue weighted by molar-refractivity contribution is 7.88. The molecule has 2 atom stereocenters. The van der Waals surface area contributed by atoms with E-state index in [1.165, 1.54) is 0 Å². The van der Waals surface area contributed by atoms with Crippen LogP contribution >= 0.6 is 11.6 Å². The van der Waals surface area contributed by atoms with Gasteiger partial charge in [-0.3, -0.25) is 0 Å². The van der Waals surface area contributed by atoms with E-state index >= 15 is 0 Å². The first kappa shape index (κ1) is 19.9. The SMILES string of the molecule is CS(=O)(=O)N[C@H]1CCN2C(=O)NCc3ccc(Cl)c(n3)Oc3cccc(c3)C[C@@H]12. The maximum Gasteiger partial charge on any atom is 0.318 e. The molecular formula is C19H21ClN4O4S. The van der Waals surface area contributed by atoms with Gasteiger partial charge >= 0.3 is 6.03 Å². The fourth-order valence-electron chi connectivity index (χ4n) is 3.76. The number of halogens is 1. The quantitative estimate of drug-likeness (QED) is 0.752. The standard InChI is InChI=1S/C19H21ClN4O4S/c1-29(26,27)23-16-7-8-24-17(16)10-12-3-2-4-14(9-12)28-18-15(20)6-5-13(22-18)11-21-19(24)25/h2-6,9,16-17,23H,7-8,10-11H2,1H3,(H,21,25)/t16-,17-/m0/s1. The van der Waals surface area contributed by atoms with Gasteiger partial charge in [-0.1, -0.05) is 23.7 Å². The van der Waals surface area contributed by atoms with Crippen molar-refractivity contribution in [2.75, 3.05) is 12.8 Å². The predicted molar refractivity (Wildman–Crippen MR) is 109 cm³/mol. The normalized spacial score (nSPS) is 21.9. The first-order valence-electron chi connectivity index (χ1n) is 9.22. The number of carbonyl (C=O) groups is 1. The van der Waals surface area contributed by atoms with Crippen LogP contribution < -0.4 is 14.8 Å². The van der Waals surface area contributed by atoms with Gasteiger partial charge in [-0.15, -0.1) is 0 Å². The number of sulfonamides is 1. The highest BCUT2D eigenvalue weighted by atomic mass is 35.5. The molecule has 0 aliphatic carbocycles. The Morgan fingerprint density at radius 1 is 1.31 bits per heavy atom. The molecular weight excluding hydrogens is 416 g/mol. The largest absolute Gasteiger partial charge is 0.438 e. The number of nitrogens with one attached hydrogen (secondary N) is 2. The lowest BCUT2D eigenvalue weighted by molar-refractivity contribution is 0.188. The molecule has 0 saturated carbocycles. The van der Waals surface area contributed by atoms with Crippen LogP contribution in [0.5, 0.6) is 11.6 Å². The fraction of sp³-hybridized carbons (Fsp3) is 0.368. The zero-order valence-electron chi connectivity index (χ0n) is 15.8. The van der Waals surface area contributed by atoms with Crippen LogP contribution in [-0.2, 0) is 23.0 Å². The second-order valence-electron chi connectivity index (χ2n) is 7.25. The van der Waals surface area contributed by atoms with Gasteiger partial charge < -0.3 is 15.0 Å². The van der Waals surface area contributed by atoms with Crippen LogP contribution in [0.2, 0.25) is 5.02 Å². The number of rotatable bonds is 2. The molecule has 2 aliphatic heterocycles. The average molecular weight is 437 g/mol. The van der Waals surface area contributed by atoms with Crippen molar-refractivity contribution in [3.8, 4) is 11.6 Å². The number of nitrogens with zero attached hydrogens (tertiary/aromatic N) is 2. The minimum atomic E-state index is -3.40. The van der Waals surface area contributed by atoms with E-state index in [4.69, 9.17) is 16.3 Å². The summed E-state index contributed by atoms with van der Waals surface area (Å²) in [7, 11) is -3.40. The zero-order valence-corrected chi connectivity index (χ0v) is 17.3. The molecule has 1 fully saturated rings. The summed E-state index contributed by atoms with van der Waals surface area (Å²) in [4.78, 5) is 18.9. The number of hydrogen-bond acceptors (Lipinski definition) is 5. The Hall–Kier alpha value is -2.36. The summed E-state index contributed by atoms with van der Waals surface area (Å²) in [5.74, 6) is 0.844. The van der Waals surface area contributed by atoms with Crippen LogP contribution in [0, 0.1) is 0 Å². The smallest absolute Gasteiger partial charge is 0.318 e. The van der Waals surface area contributed by atoms with E-state index in [2.05, 4.69) is 15.0 Å². The second kappa shape index (κ2) is 7.81. The lowest BCUT2D eigenvalue weighted by atomic mass is 10.0. The molecule has 3 heterocycles. The molecule has 0 radical (unpaired) electrons. The molecule has 2 amide bonds. The van der Waals surface area contributed by atoms with Crippen LogP contribution in [-0.4, -0.2) is 49.2 Å². The Morgan fingerprint density at radius 2 is 2.14 bits per heavy atom. The van der Waals surface area contributed by atoms with E-state index in [0.29, 0.717) is 35.9 Å². The van der Waals surface area contributed by atoms with E-state index < -0.39 is 10.0 Å². The van der Waals surface area contributed by atoms with E-state index in [1.54, 1.807) is 23.1 Å². The minimum absolute atomic E-state index is 0.206. The number of urea groups is 1. The van der Waals surface area contributed by atoms with Crippen molar-refractivity contribution in [3.63, 3.8) is 0 Å². The first-order chi connectivity index (χ1) is 13.8. The Kier molecular flexibility index (Phi) is 5.37. The molecule has 1 aromatic heterocycles. The Labute approximate surface area is 174 Å². The van der Waals surface area contributed by atoms with Gasteiger partial charge in [-0.2, -0.15) is 0 Å². The van der Waals surface area contributed by atoms with Crippen molar-refractivity contribution < 1.29 is 17.9 Å². The molecule has 154 valence electrons. The van der Waals surface area contributed by atoms with Gasteiger partial charge in [-0.05, 0) is 42.7 Å². The summed E-state index contributed by atoms with van der Waals surface area (Å²) in [6.07, 6.45) is 2.16. The minimum Gasteiger partial charge on any atom is -0.438 e. The van der Waals surface area contributed by atoms with E-state index in [9.17, 15) is 13.2 Å². The molecule has 4 rings (SSSR count). The van der Waals surface area contributed by atoms with Crippen LogP contribution in [0.4, 0.5) is 4.79 Å². The van der Waals surface area contributed by atoms with Crippen LogP contribution in [0.3, 0.4) is 0 Å². The molecule has 1 aromatic carbocycles. The summed E-state index contributed by atoms with van der Waals surface area (Å²) in [5.41, 5.74) is 1.52. The maximum atomic E-state index is 12.8. The van der Waals surface area contributed by atoms with E-state index in [-0.39, 0.29) is 30.5 Å². The van der Waals surface area contributed by atoms with E-state index in [0.717, 1.165) is 11.8 Å². The summed E-state index contributed by atoms with van der Waals surface area (Å²) in [5, 5.41) is 3.23. The van der Waals surface area contributed by atoms with Gasteiger partial charge in [0.05, 0.1) is 24.5 Å². The molecule has 29 heavy (non-hydrogen) atoms. The Morgan fingerprint density at radius 3 is 2.93 bits per heavy atom. The highest BCUT2D eigenvalue weighted by Crippen LogP contribution is 2.30. The molecule has 1 saturated heterocycles. The van der Waals surface area contributed by atoms with Crippen molar-refractivity contribution in [2.24, 2.45) is 0 Å². The van der Waals surface area contributed by atoms with Crippen molar-refractivity contribution in [2.45, 2.75) is 31.5 Å². The fourth-order valence-corrected chi connectivity index (χ4v) is 4.73. The van der Waals surface area contributed by atoms with Gasteiger partial charge in [0.1, 0.15) is 10.8 Å². The third-order valence-electron chi connectivity index (χ3n) is 5.02. The molecule has 2 aromatic rings. The molecule has 10 heteroatoms. The van der Waals surface area contributed by atoms with Crippen molar-refractivity contribution in [1.29, 1.82) is 0 Å². The summed E-state index contributed by atoms with van der Waals surface area (Å²) in [6.45, 7) is 0.663. The van der Waals surface area contributed by atoms with E-state index in [1.807, 2.05) is 18.2 Å². The zero-order chi connectivity index (χ0) is 20.6. The number of benzene rings is 1. The monoisotopic (exact) mass is 436 g/mol. The number of aromatic nitrogens is 1. The van der Waals surface area contributed by atoms with Crippen molar-refractivity contribution in [3.05, 3.63) is 52.7 Å². The van der Waals surface area contributed by atoms with Gasteiger partial charge in [0.25, 0.3) is 0 Å². The van der Waals surface area contributed by atoms with Crippen LogP contribution in [0.1, 0.15) is 17.7 Å². The van der Waals surface area contributed by atoms with Crippen molar-refractivity contribution in [1.82, 2.24) is 19.9 Å². The van der Waals surface area contributed by atoms with Gasteiger partial charge in [0.2, 0.25) is 15.9 Å². The first-order valence-corrected chi connectivity index (χ1v) is 11.5. The maximum absolute atomic E-state index is 12.8. The average Bonchev–Trinajstić information content (AvgIpc) is 3.02. The molecule has 2 aliphatic rings. The lowest BCUT2D eigenvalue weighted by Crippen LogP contribution is -2.50. The van der Waals surface area contributed by atoms with Crippen molar-refractivity contribution >= 4 is 27.7 Å². The predicted octanol–water partition coefficient (Wildman–Crippen LogP) is 2.29. The number of pyridine rings is 1. The topological polar surface area (TPSA) is 101 Å². The second-order valence-corrected chi connectivity index (χ2v) is 9.44. The number of amides is 2. The summed E-state index contributed by atoms with van der Waals surface area (Å²) in [6, 6.07) is 9.89. The lowest BCUT2D eigenvalue weighted by Gasteiger charge is -2.28. The molecule has 8 nitrogen and oxygen atoms in total. The number of carbonyl (C=O) groups excluding carboxylic acids is 1. The van der Waals surface area contributed by atoms with Crippen LogP contribution in [0.15, 0.2) is 36.4 Å². The van der Waals surface area contributed by atoms with Gasteiger partial charge in [0, 0.05) is 12.6 Å². The highest BCUT2D eigenvalue weighted by Gasteiger charge is 2.38. The number of ether oxygens (including phenoxy) is 1. The molecule has 0 spiro atoms. The Bertz CT molecular complexity index is 1050. The third-order valence-corrected chi connectivity index (χ3v) is 6.04. The summed E-state index contributed by atoms with van der Waals surface area (Å²) >= 11 is 6.21. The summed E-state index contributed by atoms with van der Waals surface area (Å²) < 4.78 is 32.2. The molecule has 4 bridgehead atoms. The van der Waals surface area contributed by atoms with Crippen LogP contribution in [0.25, 0.3) is 0 Å². The van der Waals surface area contributed by atoms with Gasteiger partial charge in [-0.25, -0.2) is 22.9 Å². The molecule has 2 N–H and O–H groups in total.